The number of aromatic nitrogens is 2. The van der Waals surface area contributed by atoms with Crippen molar-refractivity contribution in [3.05, 3.63) is 71.5 Å². The predicted octanol–water partition coefficient (Wildman–Crippen LogP) is 3.44. The lowest BCUT2D eigenvalue weighted by molar-refractivity contribution is 0.323. The Morgan fingerprint density at radius 2 is 1.59 bits per heavy atom. The molecule has 0 saturated carbocycles. The second-order valence-corrected chi connectivity index (χ2v) is 6.79. The summed E-state index contributed by atoms with van der Waals surface area (Å²) in [5, 5.41) is 11.0. The highest BCUT2D eigenvalue weighted by Crippen LogP contribution is 2.38. The van der Waals surface area contributed by atoms with Crippen molar-refractivity contribution in [1.29, 1.82) is 0 Å². The van der Waals surface area contributed by atoms with Gasteiger partial charge in [0.05, 0.1) is 27.9 Å². The van der Waals surface area contributed by atoms with Crippen LogP contribution in [0.5, 0.6) is 17.2 Å². The molecular formula is C23H30IN5O3. The number of aliphatic imine (C=N–C) groups is 1. The van der Waals surface area contributed by atoms with E-state index in [0.29, 0.717) is 36.3 Å². The number of ether oxygens (including phenoxy) is 3. The van der Waals surface area contributed by atoms with E-state index in [1.54, 1.807) is 34.6 Å². The molecule has 0 aliphatic carbocycles. The van der Waals surface area contributed by atoms with Crippen LogP contribution < -0.4 is 24.8 Å². The van der Waals surface area contributed by atoms with Gasteiger partial charge in [0.15, 0.2) is 17.5 Å². The number of hydrogen-bond donors (Lipinski definition) is 2. The highest BCUT2D eigenvalue weighted by molar-refractivity contribution is 14.0. The maximum absolute atomic E-state index is 5.43. The first-order valence-electron chi connectivity index (χ1n) is 9.96. The molecule has 0 spiro atoms. The second kappa shape index (κ2) is 12.8. The third-order valence-corrected chi connectivity index (χ3v) is 4.86. The Labute approximate surface area is 206 Å². The zero-order valence-electron chi connectivity index (χ0n) is 18.8. The minimum Gasteiger partial charge on any atom is -0.493 e. The standard InChI is InChI=1S/C23H29N5O3.HI/c1-24-23(25-14-17-12-20(29-2)22(31-4)21(13-17)30-3)26-15-18-8-5-6-9-19(18)16-28-11-7-10-27-28;/h5-13H,14-16H2,1-4H3,(H2,24,25,26);1H. The van der Waals surface area contributed by atoms with Crippen molar-refractivity contribution in [3.8, 4) is 17.2 Å². The summed E-state index contributed by atoms with van der Waals surface area (Å²) in [6, 6.07) is 14.1. The summed E-state index contributed by atoms with van der Waals surface area (Å²) >= 11 is 0. The van der Waals surface area contributed by atoms with Crippen molar-refractivity contribution >= 4 is 29.9 Å². The van der Waals surface area contributed by atoms with Crippen LogP contribution in [0.1, 0.15) is 16.7 Å². The maximum atomic E-state index is 5.43. The van der Waals surface area contributed by atoms with Crippen LogP contribution in [0.2, 0.25) is 0 Å². The fraction of sp³-hybridized carbons (Fsp3) is 0.304. The van der Waals surface area contributed by atoms with E-state index in [2.05, 4.69) is 32.9 Å². The van der Waals surface area contributed by atoms with Gasteiger partial charge in [0.2, 0.25) is 5.75 Å². The summed E-state index contributed by atoms with van der Waals surface area (Å²) in [7, 11) is 6.56. The summed E-state index contributed by atoms with van der Waals surface area (Å²) in [5.41, 5.74) is 3.38. The van der Waals surface area contributed by atoms with Gasteiger partial charge in [0.25, 0.3) is 0 Å². The molecule has 9 heteroatoms. The zero-order chi connectivity index (χ0) is 22.1. The van der Waals surface area contributed by atoms with Gasteiger partial charge in [-0.3, -0.25) is 9.67 Å². The molecule has 0 aliphatic rings. The highest BCUT2D eigenvalue weighted by atomic mass is 127. The van der Waals surface area contributed by atoms with Gasteiger partial charge in [0.1, 0.15) is 0 Å². The van der Waals surface area contributed by atoms with E-state index in [9.17, 15) is 0 Å². The van der Waals surface area contributed by atoms with Gasteiger partial charge in [0, 0.05) is 32.5 Å². The largest absolute Gasteiger partial charge is 0.493 e. The number of nitrogens with one attached hydrogen (secondary N) is 2. The molecule has 0 radical (unpaired) electrons. The molecule has 1 heterocycles. The number of methoxy groups -OCH3 is 3. The number of rotatable bonds is 9. The molecule has 0 fully saturated rings. The Bertz CT molecular complexity index is 984. The molecule has 32 heavy (non-hydrogen) atoms. The Kier molecular flexibility index (Phi) is 10.1. The number of nitrogens with zero attached hydrogens (tertiary/aromatic N) is 3. The van der Waals surface area contributed by atoms with Crippen LogP contribution >= 0.6 is 24.0 Å². The number of guanidine groups is 1. The molecule has 2 N–H and O–H groups in total. The van der Waals surface area contributed by atoms with E-state index in [-0.39, 0.29) is 24.0 Å². The average Bonchev–Trinajstić information content (AvgIpc) is 3.32. The molecule has 3 aromatic rings. The molecule has 3 rings (SSSR count). The molecule has 0 bridgehead atoms. The summed E-state index contributed by atoms with van der Waals surface area (Å²) in [6.07, 6.45) is 3.75. The Hall–Kier alpha value is -2.95. The van der Waals surface area contributed by atoms with E-state index < -0.39 is 0 Å². The highest BCUT2D eigenvalue weighted by Gasteiger charge is 2.13. The predicted molar refractivity (Wildman–Crippen MR) is 136 cm³/mol. The summed E-state index contributed by atoms with van der Waals surface area (Å²) in [4.78, 5) is 4.33. The molecule has 0 unspecified atom stereocenters. The van der Waals surface area contributed by atoms with Crippen LogP contribution in [-0.4, -0.2) is 44.1 Å². The van der Waals surface area contributed by atoms with E-state index in [4.69, 9.17) is 14.2 Å². The molecule has 0 saturated heterocycles. The van der Waals surface area contributed by atoms with Crippen molar-refractivity contribution < 1.29 is 14.2 Å². The van der Waals surface area contributed by atoms with Gasteiger partial charge in [-0.15, -0.1) is 24.0 Å². The Morgan fingerprint density at radius 1 is 0.938 bits per heavy atom. The molecule has 2 aromatic carbocycles. The first-order valence-corrected chi connectivity index (χ1v) is 9.96. The second-order valence-electron chi connectivity index (χ2n) is 6.79. The van der Waals surface area contributed by atoms with E-state index in [1.165, 1.54) is 11.1 Å². The Morgan fingerprint density at radius 3 is 2.16 bits per heavy atom. The number of benzene rings is 2. The van der Waals surface area contributed by atoms with Crippen molar-refractivity contribution in [1.82, 2.24) is 20.4 Å². The smallest absolute Gasteiger partial charge is 0.203 e. The average molecular weight is 551 g/mol. The SMILES string of the molecule is CN=C(NCc1cc(OC)c(OC)c(OC)c1)NCc1ccccc1Cn1cccn1.I. The van der Waals surface area contributed by atoms with Crippen LogP contribution in [0.25, 0.3) is 0 Å². The molecule has 0 aliphatic heterocycles. The van der Waals surface area contributed by atoms with Gasteiger partial charge in [-0.25, -0.2) is 0 Å². The number of hydrogen-bond acceptors (Lipinski definition) is 5. The quantitative estimate of drug-likeness (QED) is 0.241. The van der Waals surface area contributed by atoms with E-state index in [0.717, 1.165) is 12.1 Å². The molecule has 1 aromatic heterocycles. The van der Waals surface area contributed by atoms with Crippen LogP contribution in [0, 0.1) is 0 Å². The summed E-state index contributed by atoms with van der Waals surface area (Å²) in [5.74, 6) is 2.51. The lowest BCUT2D eigenvalue weighted by Gasteiger charge is -2.16. The molecule has 0 amide bonds. The third-order valence-electron chi connectivity index (χ3n) is 4.86. The minimum atomic E-state index is 0. The zero-order valence-corrected chi connectivity index (χ0v) is 21.1. The van der Waals surface area contributed by atoms with Crippen molar-refractivity contribution in [2.45, 2.75) is 19.6 Å². The van der Waals surface area contributed by atoms with Crippen LogP contribution in [-0.2, 0) is 19.6 Å². The molecule has 172 valence electrons. The molecule has 0 atom stereocenters. The number of halogens is 1. The van der Waals surface area contributed by atoms with Crippen LogP contribution in [0.3, 0.4) is 0 Å². The first-order chi connectivity index (χ1) is 15.2. The van der Waals surface area contributed by atoms with Crippen LogP contribution in [0.4, 0.5) is 0 Å². The van der Waals surface area contributed by atoms with Gasteiger partial charge in [-0.1, -0.05) is 24.3 Å². The van der Waals surface area contributed by atoms with Gasteiger partial charge in [-0.05, 0) is 34.9 Å². The first kappa shape index (κ1) is 25.3. The van der Waals surface area contributed by atoms with Crippen LogP contribution in [0.15, 0.2) is 59.9 Å². The minimum absolute atomic E-state index is 0. The van der Waals surface area contributed by atoms with Crippen molar-refractivity contribution in [3.63, 3.8) is 0 Å². The fourth-order valence-corrected chi connectivity index (χ4v) is 3.28. The lowest BCUT2D eigenvalue weighted by Crippen LogP contribution is -2.36. The normalized spacial score (nSPS) is 10.8. The van der Waals surface area contributed by atoms with Gasteiger partial charge >= 0.3 is 0 Å². The van der Waals surface area contributed by atoms with E-state index >= 15 is 0 Å². The maximum Gasteiger partial charge on any atom is 0.203 e. The van der Waals surface area contributed by atoms with Gasteiger partial charge in [-0.2, -0.15) is 5.10 Å². The molecule has 8 nitrogen and oxygen atoms in total. The third kappa shape index (κ3) is 6.52. The lowest BCUT2D eigenvalue weighted by atomic mass is 10.1. The summed E-state index contributed by atoms with van der Waals surface area (Å²) < 4.78 is 18.2. The van der Waals surface area contributed by atoms with Crippen molar-refractivity contribution in [2.75, 3.05) is 28.4 Å². The molecular weight excluding hydrogens is 521 g/mol. The van der Waals surface area contributed by atoms with Crippen molar-refractivity contribution in [2.24, 2.45) is 4.99 Å². The topological polar surface area (TPSA) is 81.9 Å². The van der Waals surface area contributed by atoms with E-state index in [1.807, 2.05) is 41.2 Å². The fourth-order valence-electron chi connectivity index (χ4n) is 3.28. The summed E-state index contributed by atoms with van der Waals surface area (Å²) in [6.45, 7) is 1.92. The Balaban J connectivity index is 0.00000363. The monoisotopic (exact) mass is 551 g/mol. The van der Waals surface area contributed by atoms with Gasteiger partial charge < -0.3 is 24.8 Å².